The number of ether oxygens (including phenoxy) is 28. The summed E-state index contributed by atoms with van der Waals surface area (Å²) in [7, 11) is -42.0. The van der Waals surface area contributed by atoms with Gasteiger partial charge < -0.3 is 133 Å². The number of carbonyl (C=O) groups excluding carboxylic acids is 14. The van der Waals surface area contributed by atoms with E-state index >= 15 is 0 Å². The summed E-state index contributed by atoms with van der Waals surface area (Å²) in [5.41, 5.74) is 0. The van der Waals surface area contributed by atoms with Crippen LogP contribution in [0.2, 0.25) is 0 Å². The molecule has 35 atom stereocenters. The van der Waals surface area contributed by atoms with Crippen molar-refractivity contribution in [2.45, 2.75) is 312 Å². The molecule has 0 radical (unpaired) electrons. The summed E-state index contributed by atoms with van der Waals surface area (Å²) in [6.07, 6.45) is -99.6. The molecule has 21 saturated heterocycles. The zero-order chi connectivity index (χ0) is 110. The highest BCUT2D eigenvalue weighted by Crippen LogP contribution is 2.46. The summed E-state index contributed by atoms with van der Waals surface area (Å²) in [6, 6.07) is 0. The van der Waals surface area contributed by atoms with Crippen molar-refractivity contribution in [3.63, 3.8) is 0 Å². The van der Waals surface area contributed by atoms with Gasteiger partial charge in [-0.15, -0.1) is 0 Å². The highest BCUT2D eigenvalue weighted by atomic mass is 32.3. The first-order chi connectivity index (χ1) is 67.7. The second-order valence-corrected chi connectivity index (χ2v) is 39.2. The monoisotopic (exact) mass is 2280 g/mol. The van der Waals surface area contributed by atoms with Gasteiger partial charge >= 0.3 is 156 Å². The molecule has 147 heavy (non-hydrogen) atoms. The van der Waals surface area contributed by atoms with Gasteiger partial charge in [0.25, 0.3) is 0 Å². The lowest BCUT2D eigenvalue weighted by molar-refractivity contribution is -0.396. The van der Waals surface area contributed by atoms with E-state index in [1.807, 2.05) is 0 Å². The van der Waals surface area contributed by atoms with Crippen molar-refractivity contribution in [1.82, 2.24) is 0 Å². The molecule has 840 valence electrons. The third kappa shape index (κ3) is 37.9. The third-order valence-electron chi connectivity index (χ3n) is 20.1. The number of carbonyl (C=O) groups is 14. The molecule has 21 aliphatic rings. The van der Waals surface area contributed by atoms with E-state index in [9.17, 15) is 158 Å². The van der Waals surface area contributed by atoms with Crippen LogP contribution in [0.3, 0.4) is 0 Å². The Morgan fingerprint density at radius 3 is 0.313 bits per heavy atom. The van der Waals surface area contributed by atoms with Gasteiger partial charge in [-0.1, -0.05) is 0 Å². The van der Waals surface area contributed by atoms with Crippen LogP contribution in [0, 0.1) is 0 Å². The zero-order valence-electron chi connectivity index (χ0n) is 77.9. The largest absolute Gasteiger partial charge is 0.455 e. The maximum atomic E-state index is 13.9. The predicted molar refractivity (Wildman–Crippen MR) is 435 cm³/mol. The van der Waals surface area contributed by atoms with Crippen molar-refractivity contribution in [2.75, 3.05) is 46.2 Å². The predicted octanol–water partition coefficient (Wildman–Crippen LogP) is -8.45. The van der Waals surface area contributed by atoms with Crippen LogP contribution in [0.15, 0.2) is 0 Å². The minimum Gasteiger partial charge on any atom is -0.455 e. The van der Waals surface area contributed by atoms with Gasteiger partial charge in [-0.25, -0.2) is 29.3 Å². The van der Waals surface area contributed by atoms with Crippen LogP contribution in [0.4, 0.5) is 0 Å². The van der Waals surface area contributed by atoms with Gasteiger partial charge in [0.15, 0.2) is 129 Å². The van der Waals surface area contributed by atoms with E-state index in [-0.39, 0.29) is 0 Å². The van der Waals surface area contributed by atoms with Gasteiger partial charge in [-0.05, 0) is 0 Å². The van der Waals surface area contributed by atoms with Gasteiger partial charge in [0.2, 0.25) is 0 Å². The zero-order valence-corrected chi connectivity index (χ0v) is 83.6. The minimum absolute atomic E-state index is 0.538. The lowest BCUT2D eigenvalue weighted by Crippen LogP contribution is -2.70. The molecule has 0 saturated carbocycles. The topological polar surface area (TPSA) is 943 Å². The molecule has 7 N–H and O–H groups in total. The second-order valence-electron chi connectivity index (χ2n) is 31.5. The normalized spacial score (nSPS) is 34.7. The van der Waals surface area contributed by atoms with Crippen molar-refractivity contribution in [3.05, 3.63) is 0 Å². The Balaban J connectivity index is 1.56. The molecule has 21 heterocycles. The van der Waals surface area contributed by atoms with Crippen LogP contribution in [0.25, 0.3) is 0 Å². The van der Waals surface area contributed by atoms with Crippen LogP contribution in [0.5, 0.6) is 0 Å². The third-order valence-corrected chi connectivity index (χ3v) is 23.1. The summed E-state index contributed by atoms with van der Waals surface area (Å²) in [5.74, 6) is -22.6. The SMILES string of the molecule is CC(=O)O[C@@H]1[C@@H](OC(C)=O)[C@H]2O[C@H]3[C@H](OC(C)=O)[C@@H](OC(C)=O)[C@@H](O[C@H]4[C@H](OC(C)=O)[C@@H](OC(C)=O)[C@@H](O[C@H]5[C@H](OC(C)=O)[C@@H](OC(C)=O)[C@@H](O[C@H]6[C@H](OC(C)=O)[C@@H](OC(C)=O)[C@@H](O[C@H]7[C@H](OC(C)=O)[C@@H](OC(C)=O)[C@@H](O[C@H]8[C@H](OC(C)=O)[C@@H](OC(C)=O)[C@@H](O[C@@H]1[C@@H](COS(=O)(=O)O)O2)O[C@@H]8COS(=O)(=O)O)O[C@@H]7COS(=O)(=O)O)O[C@@H]6COS(=O)(=O)O)O[C@@H]5COS(=O)(=O)O)O[C@@H]4COS(=O)(=O)O)O[C@@H]3COS(=O)(=O)O. The van der Waals surface area contributed by atoms with Crippen molar-refractivity contribution in [1.29, 1.82) is 0 Å². The average molecular weight is 2280 g/mol. The van der Waals surface area contributed by atoms with Crippen molar-refractivity contribution < 1.29 is 320 Å². The van der Waals surface area contributed by atoms with Crippen molar-refractivity contribution in [2.24, 2.45) is 0 Å². The Labute approximate surface area is 830 Å². The Kier molecular flexibility index (Phi) is 43.2. The highest BCUT2D eigenvalue weighted by molar-refractivity contribution is 7.82. The first kappa shape index (κ1) is 123. The number of hydrogen-bond donors (Lipinski definition) is 7. The average Bonchev–Trinajstić information content (AvgIpc) is 0.873. The second kappa shape index (κ2) is 51.5. The van der Waals surface area contributed by atoms with Gasteiger partial charge in [0.05, 0.1) is 46.2 Å². The fourth-order valence-corrected chi connectivity index (χ4v) is 17.8. The van der Waals surface area contributed by atoms with E-state index in [2.05, 4.69) is 0 Å². The van der Waals surface area contributed by atoms with E-state index < -0.39 is 418 Å². The van der Waals surface area contributed by atoms with E-state index in [4.69, 9.17) is 162 Å². The Morgan fingerprint density at radius 1 is 0.156 bits per heavy atom. The molecule has 77 heteroatoms. The molecule has 0 aromatic carbocycles. The van der Waals surface area contributed by atoms with Gasteiger partial charge in [0, 0.05) is 96.9 Å². The standard InChI is InChI=1S/C70H98O70S7/c1-22(71)113-50-43-36(15-106-141(85,86)87)127-64(57(50)120-29(8)78)135-44-37(16-107-142(88,89)90)129-66(59(122-31(10)80)51(44)114-23(2)72)137-46-39(18-109-144(94,95)96)131-68(61(124-33(12)82)53(46)116-25(4)74)139-48-41(20-111-146(100,101)102)133-70(63(126-35(14)84)55(48)118-27(6)76)140-49-42(21-112-147(103,104)105)132-69(62(125-34(13)83)56(49)119-28(7)77)138-47-40(19-110-145(97,98)99)130-67(60(123-32(11)81)54(47)117-26(5)75)136-45-38(17-108-143(91,92)93)128-65(134-43)58(121-30(9)79)52(45)115-24(3)73/h36-70H,15-21H2,1-14H3,(H,85,86,87)(H,88,89,90)(H,91,92,93)(H,94,95,96)(H,97,98,99)(H,100,101,102)(H,103,104,105)/t36-,37-,38-,39-,40-,41-,42-,43-,44-,45-,46-,47-,48-,49-,50+,51+,52+,53+,54+,55+,56+,57-,58-,59-,60-,61-,62-,63-,64-,65-,66-,67-,68-,69-,70-/m1/s1. The molecule has 14 bridgehead atoms. The van der Waals surface area contributed by atoms with E-state index in [1.54, 1.807) is 0 Å². The number of hydrogen-bond acceptors (Lipinski definition) is 63. The lowest BCUT2D eigenvalue weighted by atomic mass is 9.94. The maximum absolute atomic E-state index is 13.9. The summed E-state index contributed by atoms with van der Waals surface area (Å²) < 4.78 is 452. The molecule has 0 unspecified atom stereocenters. The van der Waals surface area contributed by atoms with Crippen molar-refractivity contribution >= 4 is 156 Å². The number of esters is 14. The maximum Gasteiger partial charge on any atom is 0.397 e. The molecule has 0 aromatic rings. The quantitative estimate of drug-likeness (QED) is 0.0176. The van der Waals surface area contributed by atoms with Crippen LogP contribution >= 0.6 is 0 Å². The smallest absolute Gasteiger partial charge is 0.397 e. The summed E-state index contributed by atoms with van der Waals surface area (Å²) in [6.45, 7) is -5.59. The number of rotatable bonds is 35. The molecule has 0 aliphatic carbocycles. The Morgan fingerprint density at radius 2 is 0.238 bits per heavy atom. The van der Waals surface area contributed by atoms with Crippen LogP contribution in [-0.2, 0) is 302 Å². The summed E-state index contributed by atoms with van der Waals surface area (Å²) >= 11 is 0. The van der Waals surface area contributed by atoms with Crippen LogP contribution in [-0.4, -0.2) is 436 Å². The first-order valence-electron chi connectivity index (χ1n) is 41.6. The molecular weight excluding hydrogens is 2190 g/mol. The Hall–Kier alpha value is -8.89. The molecule has 0 aromatic heterocycles. The van der Waals surface area contributed by atoms with E-state index in [0.717, 1.165) is 0 Å². The van der Waals surface area contributed by atoms with Crippen LogP contribution < -0.4 is 0 Å². The van der Waals surface area contributed by atoms with Crippen molar-refractivity contribution in [3.8, 4) is 0 Å². The summed E-state index contributed by atoms with van der Waals surface area (Å²) in [5, 5.41) is 0. The fraction of sp³-hybridized carbons (Fsp3) is 0.800. The minimum atomic E-state index is -5.99. The molecule has 0 spiro atoms. The molecule has 21 rings (SSSR count). The van der Waals surface area contributed by atoms with Crippen LogP contribution in [0.1, 0.15) is 96.9 Å². The fourth-order valence-electron chi connectivity index (χ4n) is 15.7. The molecular formula is C70H98O70S7. The molecule has 70 nitrogen and oxygen atoms in total. The van der Waals surface area contributed by atoms with Gasteiger partial charge in [-0.2, -0.15) is 58.9 Å². The highest BCUT2D eigenvalue weighted by Gasteiger charge is 2.67. The summed E-state index contributed by atoms with van der Waals surface area (Å²) in [4.78, 5) is 194. The first-order valence-corrected chi connectivity index (χ1v) is 51.2. The molecule has 21 aliphatic heterocycles. The van der Waals surface area contributed by atoms with E-state index in [1.165, 1.54) is 0 Å². The molecule has 0 amide bonds. The molecule has 21 fully saturated rings. The van der Waals surface area contributed by atoms with E-state index in [0.29, 0.717) is 96.9 Å². The van der Waals surface area contributed by atoms with Gasteiger partial charge in [-0.3, -0.25) is 99.0 Å². The lowest BCUT2D eigenvalue weighted by Gasteiger charge is -2.52. The Bertz CT molecular complexity index is 4640. The van der Waals surface area contributed by atoms with Gasteiger partial charge in [0.1, 0.15) is 85.5 Å².